The Morgan fingerprint density at radius 1 is 0.286 bits per heavy atom. The van der Waals surface area contributed by atoms with E-state index in [0.717, 1.165) is 93.3 Å². The number of thiazole rings is 2. The predicted octanol–water partition coefficient (Wildman–Crippen LogP) is 13.1. The molecular formula is C80H54N6O24S2. The predicted molar refractivity (Wildman–Crippen MR) is 407 cm³/mol. The SMILES string of the molecule is C=CC(=O)Oc1ccc(C(=O)Oc2ccc(OC(=O)c3ccc(OC(=O)C=C)c(OC(=O)C=C)c3)c(/C=N/Nc3nc4ccccc4s3)c2)cc1OC(=O)C=C.C=CC(=O)Oc1ccc(C(=O)Oc2ccc(OC(=O)c3ccc(OC(=O)C=C)c(OC(=O)C=C)c3)c(/C=N/Nc3nc4ccccc4s3)c2)cc1OC(=O)C=C. The van der Waals surface area contributed by atoms with Gasteiger partial charge >= 0.3 is 71.6 Å². The fourth-order valence-electron chi connectivity index (χ4n) is 8.77. The maximum Gasteiger partial charge on any atom is 0.343 e. The van der Waals surface area contributed by atoms with Gasteiger partial charge in [0.25, 0.3) is 0 Å². The molecule has 2 aromatic heterocycles. The van der Waals surface area contributed by atoms with Crippen LogP contribution in [0.4, 0.5) is 10.3 Å². The molecule has 0 radical (unpaired) electrons. The zero-order valence-corrected chi connectivity index (χ0v) is 59.5. The van der Waals surface area contributed by atoms with E-state index in [4.69, 9.17) is 56.8 Å². The van der Waals surface area contributed by atoms with Crippen LogP contribution >= 0.6 is 22.7 Å². The first-order valence-corrected chi connectivity index (χ1v) is 33.4. The fourth-order valence-corrected chi connectivity index (χ4v) is 10.4. The Balaban J connectivity index is 0.000000257. The highest BCUT2D eigenvalue weighted by Gasteiger charge is 2.24. The summed E-state index contributed by atoms with van der Waals surface area (Å²) >= 11 is 2.68. The van der Waals surface area contributed by atoms with E-state index < -0.39 is 71.6 Å². The number of esters is 12. The Kier molecular flexibility index (Phi) is 27.4. The number of aromatic nitrogens is 2. The molecule has 0 fully saturated rings. The van der Waals surface area contributed by atoms with Gasteiger partial charge in [0.05, 0.1) is 55.1 Å². The maximum atomic E-state index is 13.4. The first kappa shape index (κ1) is 80.1. The van der Waals surface area contributed by atoms with Crippen molar-refractivity contribution in [2.75, 3.05) is 10.9 Å². The van der Waals surface area contributed by atoms with Gasteiger partial charge in [-0.25, -0.2) is 67.5 Å². The highest BCUT2D eigenvalue weighted by atomic mass is 32.1. The summed E-state index contributed by atoms with van der Waals surface area (Å²) in [6.07, 6.45) is 9.67. The lowest BCUT2D eigenvalue weighted by Gasteiger charge is -2.13. The fraction of sp³-hybridized carbons (Fsp3) is 0. The van der Waals surface area contributed by atoms with Crippen molar-refractivity contribution in [3.05, 3.63) is 292 Å². The van der Waals surface area contributed by atoms with E-state index in [-0.39, 0.29) is 102 Å². The first-order valence-electron chi connectivity index (χ1n) is 31.8. The van der Waals surface area contributed by atoms with Crippen LogP contribution < -0.4 is 67.7 Å². The van der Waals surface area contributed by atoms with Crippen molar-refractivity contribution in [2.45, 2.75) is 0 Å². The van der Waals surface area contributed by atoms with Gasteiger partial charge in [0.15, 0.2) is 46.0 Å². The van der Waals surface area contributed by atoms with Gasteiger partial charge in [-0.15, -0.1) is 0 Å². The Morgan fingerprint density at radius 2 is 0.536 bits per heavy atom. The number of nitrogens with zero attached hydrogens (tertiary/aromatic N) is 4. The van der Waals surface area contributed by atoms with Crippen molar-refractivity contribution in [2.24, 2.45) is 10.2 Å². The van der Waals surface area contributed by atoms with E-state index in [1.807, 2.05) is 48.5 Å². The minimum atomic E-state index is -0.931. The molecule has 32 heteroatoms. The minimum absolute atomic E-state index is 0.0324. The normalized spacial score (nSPS) is 10.4. The number of carbonyl (C=O) groups is 12. The first-order chi connectivity index (χ1) is 54.0. The molecule has 0 aliphatic carbocycles. The number of benzene rings is 8. The second kappa shape index (κ2) is 38.4. The molecule has 560 valence electrons. The summed E-state index contributed by atoms with van der Waals surface area (Å²) in [6.45, 7) is 26.6. The number of rotatable bonds is 30. The minimum Gasteiger partial charge on any atom is -0.423 e. The molecule has 0 atom stereocenters. The van der Waals surface area contributed by atoms with Crippen molar-refractivity contribution < 1.29 is 114 Å². The third-order valence-electron chi connectivity index (χ3n) is 13.8. The van der Waals surface area contributed by atoms with Gasteiger partial charge in [0.1, 0.15) is 23.0 Å². The average molecular weight is 1550 g/mol. The van der Waals surface area contributed by atoms with Gasteiger partial charge in [-0.05, 0) is 133 Å². The van der Waals surface area contributed by atoms with Crippen molar-refractivity contribution in [3.8, 4) is 69.0 Å². The molecule has 2 N–H and O–H groups in total. The highest BCUT2D eigenvalue weighted by Crippen LogP contribution is 2.36. The number of hydrogen-bond donors (Lipinski definition) is 2. The van der Waals surface area contributed by atoms with E-state index in [2.05, 4.69) is 83.7 Å². The van der Waals surface area contributed by atoms with Gasteiger partial charge in [-0.2, -0.15) is 10.2 Å². The van der Waals surface area contributed by atoms with Crippen LogP contribution in [0.5, 0.6) is 69.0 Å². The summed E-state index contributed by atoms with van der Waals surface area (Å²) in [7, 11) is 0. The van der Waals surface area contributed by atoms with Gasteiger partial charge in [0.2, 0.25) is 10.3 Å². The second-order valence-electron chi connectivity index (χ2n) is 21.3. The summed E-state index contributed by atoms with van der Waals surface area (Å²) in [6, 6.07) is 37.3. The molecule has 112 heavy (non-hydrogen) atoms. The molecule has 0 saturated carbocycles. The van der Waals surface area contributed by atoms with Crippen molar-refractivity contribution in [3.63, 3.8) is 0 Å². The summed E-state index contributed by atoms with van der Waals surface area (Å²) in [5.74, 6) is -12.6. The zero-order valence-electron chi connectivity index (χ0n) is 57.8. The third-order valence-corrected chi connectivity index (χ3v) is 15.7. The van der Waals surface area contributed by atoms with Gasteiger partial charge in [-0.1, -0.05) is 99.6 Å². The Hall–Kier alpha value is -16.0. The molecule has 2 heterocycles. The number of hydrogen-bond acceptors (Lipinski definition) is 32. The number of nitrogens with one attached hydrogen (secondary N) is 2. The van der Waals surface area contributed by atoms with Gasteiger partial charge in [-0.3, -0.25) is 10.9 Å². The summed E-state index contributed by atoms with van der Waals surface area (Å²) in [5.41, 5.74) is 6.98. The van der Waals surface area contributed by atoms with Crippen LogP contribution in [0.1, 0.15) is 52.6 Å². The number of fused-ring (bicyclic) bond motifs is 2. The van der Waals surface area contributed by atoms with Crippen molar-refractivity contribution >= 4 is 137 Å². The van der Waals surface area contributed by atoms with E-state index in [1.165, 1.54) is 120 Å². The second-order valence-corrected chi connectivity index (χ2v) is 23.4. The monoisotopic (exact) mass is 1550 g/mol. The lowest BCUT2D eigenvalue weighted by atomic mass is 10.1. The molecule has 0 saturated heterocycles. The van der Waals surface area contributed by atoms with Gasteiger partial charge in [0, 0.05) is 59.7 Å². The Bertz CT molecular complexity index is 5210. The van der Waals surface area contributed by atoms with Crippen molar-refractivity contribution in [1.29, 1.82) is 0 Å². The Labute approximate surface area is 640 Å². The maximum absolute atomic E-state index is 13.4. The average Bonchev–Trinajstić information content (AvgIpc) is 1.01. The van der Waals surface area contributed by atoms with Crippen LogP contribution in [-0.2, 0) is 38.4 Å². The van der Waals surface area contributed by atoms with E-state index >= 15 is 0 Å². The largest absolute Gasteiger partial charge is 0.423 e. The van der Waals surface area contributed by atoms with Crippen molar-refractivity contribution in [1.82, 2.24) is 9.97 Å². The zero-order chi connectivity index (χ0) is 80.4. The molecule has 0 unspecified atom stereocenters. The lowest BCUT2D eigenvalue weighted by molar-refractivity contribution is -0.131. The lowest BCUT2D eigenvalue weighted by Crippen LogP contribution is -2.13. The number of para-hydroxylation sites is 2. The molecule has 0 aliphatic rings. The molecule has 0 spiro atoms. The van der Waals surface area contributed by atoms with E-state index in [0.29, 0.717) is 10.3 Å². The molecule has 0 aliphatic heterocycles. The summed E-state index contributed by atoms with van der Waals surface area (Å²) in [4.78, 5) is 157. The number of hydrazone groups is 2. The third kappa shape index (κ3) is 22.1. The van der Waals surface area contributed by atoms with Crippen LogP contribution in [-0.4, -0.2) is 94.0 Å². The topological polar surface area (TPSA) is 390 Å². The quantitative estimate of drug-likeness (QED) is 0.0139. The standard InChI is InChI=1S/2C40H27N3O12S/c2*1-5-34(44)51-29-16-13-23(20-31(29)53-36(46)7-3)38(48)50-26-15-18-28(25(19-26)22-41-43-40-42-27-11-9-10-12-33(27)56-40)55-39(49)24-14-17-30(52-35(45)6-2)32(21-24)54-37(47)8-4/h2*5-22H,1-4H2,(H,42,43)/b2*41-22+. The molecule has 30 nitrogen and oxygen atoms in total. The molecule has 0 amide bonds. The van der Waals surface area contributed by atoms with Gasteiger partial charge < -0.3 is 56.8 Å². The highest BCUT2D eigenvalue weighted by molar-refractivity contribution is 7.22. The van der Waals surface area contributed by atoms with Crippen LogP contribution in [0.25, 0.3) is 20.4 Å². The molecule has 10 aromatic rings. The molecule has 8 aromatic carbocycles. The van der Waals surface area contributed by atoms with Crippen LogP contribution in [0.3, 0.4) is 0 Å². The summed E-state index contributed by atoms with van der Waals surface area (Å²) < 4.78 is 65.3. The number of carbonyl (C=O) groups excluding carboxylic acids is 12. The van der Waals surface area contributed by atoms with Crippen LogP contribution in [0.2, 0.25) is 0 Å². The molecule has 0 bridgehead atoms. The van der Waals surface area contributed by atoms with E-state index in [1.54, 1.807) is 0 Å². The molecular weight excluding hydrogens is 1490 g/mol. The number of anilines is 2. The molecule has 10 rings (SSSR count). The summed E-state index contributed by atoms with van der Waals surface area (Å²) in [5, 5.41) is 9.37. The van der Waals surface area contributed by atoms with Crippen LogP contribution in [0.15, 0.2) is 269 Å². The Morgan fingerprint density at radius 3 is 0.804 bits per heavy atom. The smallest absolute Gasteiger partial charge is 0.343 e. The number of ether oxygens (including phenoxy) is 12. The van der Waals surface area contributed by atoms with E-state index in [9.17, 15) is 57.5 Å². The van der Waals surface area contributed by atoms with Crippen LogP contribution in [0, 0.1) is 0 Å².